The zero-order valence-electron chi connectivity index (χ0n) is 11.1. The Labute approximate surface area is 98.8 Å². The van der Waals surface area contributed by atoms with Gasteiger partial charge in [-0.1, -0.05) is 13.8 Å². The van der Waals surface area contributed by atoms with E-state index in [0.717, 1.165) is 18.8 Å². The molecule has 0 amide bonds. The van der Waals surface area contributed by atoms with Gasteiger partial charge in [-0.2, -0.15) is 0 Å². The third-order valence-corrected chi connectivity index (χ3v) is 3.15. The van der Waals surface area contributed by atoms with Crippen molar-refractivity contribution in [3.8, 4) is 0 Å². The summed E-state index contributed by atoms with van der Waals surface area (Å²) in [4.78, 5) is 2.33. The molecule has 0 aliphatic heterocycles. The van der Waals surface area contributed by atoms with Crippen molar-refractivity contribution in [3.63, 3.8) is 0 Å². The topological polar surface area (TPSA) is 28.4 Å². The molecule has 16 heavy (non-hydrogen) atoms. The van der Waals surface area contributed by atoms with Gasteiger partial charge in [0.2, 0.25) is 0 Å². The van der Waals surface area contributed by atoms with Crippen LogP contribution in [0, 0.1) is 5.92 Å². The number of nitrogens with zero attached hydrogens (tertiary/aromatic N) is 1. The van der Waals surface area contributed by atoms with Crippen LogP contribution in [0.4, 0.5) is 0 Å². The maximum atomic E-state index is 5.54. The third-order valence-electron chi connectivity index (χ3n) is 3.15. The molecule has 1 rings (SSSR count). The molecule has 0 saturated heterocycles. The van der Waals surface area contributed by atoms with E-state index in [0.29, 0.717) is 12.0 Å². The van der Waals surface area contributed by atoms with Crippen molar-refractivity contribution in [2.45, 2.75) is 39.9 Å². The van der Waals surface area contributed by atoms with E-state index in [-0.39, 0.29) is 0 Å². The van der Waals surface area contributed by atoms with Gasteiger partial charge in [-0.3, -0.25) is 4.90 Å². The van der Waals surface area contributed by atoms with Gasteiger partial charge >= 0.3 is 0 Å². The molecule has 1 heterocycles. The Bertz CT molecular complexity index is 307. The highest BCUT2D eigenvalue weighted by atomic mass is 16.3. The van der Waals surface area contributed by atoms with E-state index in [2.05, 4.69) is 44.1 Å². The summed E-state index contributed by atoms with van der Waals surface area (Å²) in [6, 6.07) is 2.69. The lowest BCUT2D eigenvalue weighted by molar-refractivity contribution is 0.187. The van der Waals surface area contributed by atoms with Crippen LogP contribution in [0.1, 0.15) is 32.1 Å². The minimum Gasteiger partial charge on any atom is -0.468 e. The lowest BCUT2D eigenvalue weighted by atomic mass is 10.1. The third kappa shape index (κ3) is 3.65. The molecule has 0 radical (unpaired) electrons. The van der Waals surface area contributed by atoms with Gasteiger partial charge in [0.05, 0.1) is 12.8 Å². The fourth-order valence-corrected chi connectivity index (χ4v) is 1.70. The molecule has 0 saturated carbocycles. The Kier molecular flexibility index (Phi) is 5.03. The van der Waals surface area contributed by atoms with Gasteiger partial charge in [0, 0.05) is 18.2 Å². The van der Waals surface area contributed by atoms with Gasteiger partial charge < -0.3 is 9.73 Å². The van der Waals surface area contributed by atoms with Crippen molar-refractivity contribution in [2.75, 3.05) is 14.1 Å². The molecule has 1 aromatic heterocycles. The van der Waals surface area contributed by atoms with Gasteiger partial charge in [-0.05, 0) is 33.0 Å². The first-order valence-corrected chi connectivity index (χ1v) is 5.95. The molecule has 1 unspecified atom stereocenters. The van der Waals surface area contributed by atoms with Crippen molar-refractivity contribution >= 4 is 0 Å². The van der Waals surface area contributed by atoms with E-state index in [1.54, 1.807) is 0 Å². The van der Waals surface area contributed by atoms with E-state index in [1.807, 2.05) is 13.3 Å². The summed E-state index contributed by atoms with van der Waals surface area (Å²) >= 11 is 0. The summed E-state index contributed by atoms with van der Waals surface area (Å²) < 4.78 is 5.54. The summed E-state index contributed by atoms with van der Waals surface area (Å²) in [7, 11) is 4.09. The fraction of sp³-hybridized carbons (Fsp3) is 0.692. The molecular weight excluding hydrogens is 200 g/mol. The number of hydrogen-bond acceptors (Lipinski definition) is 3. The van der Waals surface area contributed by atoms with Crippen molar-refractivity contribution in [2.24, 2.45) is 5.92 Å². The Morgan fingerprint density at radius 1 is 1.38 bits per heavy atom. The first kappa shape index (κ1) is 13.3. The van der Waals surface area contributed by atoms with Crippen LogP contribution in [0.25, 0.3) is 0 Å². The normalized spacial score (nSPS) is 13.7. The fourth-order valence-electron chi connectivity index (χ4n) is 1.70. The molecule has 1 N–H and O–H groups in total. The molecule has 0 aliphatic carbocycles. The minimum atomic E-state index is 0.567. The maximum Gasteiger partial charge on any atom is 0.118 e. The predicted molar refractivity (Wildman–Crippen MR) is 67.2 cm³/mol. The van der Waals surface area contributed by atoms with E-state index >= 15 is 0 Å². The average Bonchev–Trinajstić information content (AvgIpc) is 2.65. The van der Waals surface area contributed by atoms with E-state index in [1.165, 1.54) is 5.56 Å². The molecule has 1 aromatic rings. The van der Waals surface area contributed by atoms with Crippen LogP contribution < -0.4 is 5.32 Å². The van der Waals surface area contributed by atoms with Crippen molar-refractivity contribution in [3.05, 3.63) is 23.7 Å². The number of furan rings is 1. The van der Waals surface area contributed by atoms with E-state index in [9.17, 15) is 0 Å². The molecule has 0 aliphatic rings. The minimum absolute atomic E-state index is 0.567. The van der Waals surface area contributed by atoms with Crippen LogP contribution in [0.15, 0.2) is 16.7 Å². The second kappa shape index (κ2) is 6.06. The second-order valence-electron chi connectivity index (χ2n) is 4.85. The van der Waals surface area contributed by atoms with Crippen LogP contribution >= 0.6 is 0 Å². The van der Waals surface area contributed by atoms with Crippen LogP contribution in [0.5, 0.6) is 0 Å². The van der Waals surface area contributed by atoms with Gasteiger partial charge in [-0.15, -0.1) is 0 Å². The number of rotatable bonds is 6. The zero-order chi connectivity index (χ0) is 12.1. The van der Waals surface area contributed by atoms with Gasteiger partial charge in [0.15, 0.2) is 0 Å². The summed E-state index contributed by atoms with van der Waals surface area (Å²) in [5.41, 5.74) is 1.21. The predicted octanol–water partition coefficient (Wildman–Crippen LogP) is 2.48. The first-order valence-electron chi connectivity index (χ1n) is 5.95. The maximum absolute atomic E-state index is 5.54. The van der Waals surface area contributed by atoms with E-state index in [4.69, 9.17) is 4.42 Å². The van der Waals surface area contributed by atoms with Crippen LogP contribution in [-0.2, 0) is 13.1 Å². The van der Waals surface area contributed by atoms with Gasteiger partial charge in [0.25, 0.3) is 0 Å². The average molecular weight is 224 g/mol. The summed E-state index contributed by atoms with van der Waals surface area (Å²) in [6.45, 7) is 8.49. The molecule has 1 atom stereocenters. The Hall–Kier alpha value is -0.800. The van der Waals surface area contributed by atoms with Crippen molar-refractivity contribution < 1.29 is 4.42 Å². The molecule has 0 fully saturated rings. The second-order valence-corrected chi connectivity index (χ2v) is 4.85. The summed E-state index contributed by atoms with van der Waals surface area (Å²) in [5.74, 6) is 1.71. The molecule has 0 bridgehead atoms. The quantitative estimate of drug-likeness (QED) is 0.804. The highest BCUT2D eigenvalue weighted by Gasteiger charge is 2.14. The van der Waals surface area contributed by atoms with Crippen LogP contribution in [0.3, 0.4) is 0 Å². The highest BCUT2D eigenvalue weighted by Crippen LogP contribution is 2.14. The zero-order valence-corrected chi connectivity index (χ0v) is 11.1. The van der Waals surface area contributed by atoms with Gasteiger partial charge in [0.1, 0.15) is 5.76 Å². The van der Waals surface area contributed by atoms with Crippen molar-refractivity contribution in [1.29, 1.82) is 0 Å². The smallest absolute Gasteiger partial charge is 0.118 e. The standard InChI is InChI=1S/C13H24N2O/c1-10(2)11(3)15(5)8-13-6-12(7-14-4)9-16-13/h6,9-11,14H,7-8H2,1-5H3. The molecule has 3 heteroatoms. The number of nitrogens with one attached hydrogen (secondary N) is 1. The van der Waals surface area contributed by atoms with Crippen LogP contribution in [0.2, 0.25) is 0 Å². The first-order chi connectivity index (χ1) is 7.54. The Morgan fingerprint density at radius 3 is 2.62 bits per heavy atom. The summed E-state index contributed by atoms with van der Waals surface area (Å²) in [5, 5.41) is 3.12. The van der Waals surface area contributed by atoms with Crippen molar-refractivity contribution in [1.82, 2.24) is 10.2 Å². The molecule has 3 nitrogen and oxygen atoms in total. The Morgan fingerprint density at radius 2 is 2.06 bits per heavy atom. The highest BCUT2D eigenvalue weighted by molar-refractivity contribution is 5.12. The van der Waals surface area contributed by atoms with Crippen LogP contribution in [-0.4, -0.2) is 25.0 Å². The van der Waals surface area contributed by atoms with E-state index < -0.39 is 0 Å². The SMILES string of the molecule is CNCc1coc(CN(C)C(C)C(C)C)c1. The largest absolute Gasteiger partial charge is 0.468 e. The molecular formula is C13H24N2O. The van der Waals surface area contributed by atoms with Gasteiger partial charge in [-0.25, -0.2) is 0 Å². The lowest BCUT2D eigenvalue weighted by Crippen LogP contribution is -2.32. The lowest BCUT2D eigenvalue weighted by Gasteiger charge is -2.26. The summed E-state index contributed by atoms with van der Waals surface area (Å²) in [6.07, 6.45) is 1.83. The number of hydrogen-bond donors (Lipinski definition) is 1. The molecule has 92 valence electrons. The molecule has 0 spiro atoms. The molecule has 0 aromatic carbocycles. The Balaban J connectivity index is 2.52. The monoisotopic (exact) mass is 224 g/mol.